The van der Waals surface area contributed by atoms with Crippen molar-refractivity contribution in [2.75, 3.05) is 13.6 Å². The van der Waals surface area contributed by atoms with Gasteiger partial charge in [0, 0.05) is 60.3 Å². The first kappa shape index (κ1) is 28.9. The Hall–Kier alpha value is -3.49. The third kappa shape index (κ3) is 4.14. The number of carbonyl (C=O) groups excluding carboxylic acids is 3. The highest BCUT2D eigenvalue weighted by molar-refractivity contribution is 6.00. The summed E-state index contributed by atoms with van der Waals surface area (Å²) in [6.07, 6.45) is 6.57. The van der Waals surface area contributed by atoms with Crippen LogP contribution in [0.25, 0.3) is 10.9 Å². The number of fused-ring (bicyclic) bond motifs is 5. The molecule has 2 amide bonds. The van der Waals surface area contributed by atoms with Crippen molar-refractivity contribution in [3.8, 4) is 0 Å². The smallest absolute Gasteiger partial charge is 0.251 e. The Bertz CT molecular complexity index is 1680. The van der Waals surface area contributed by atoms with E-state index in [0.717, 1.165) is 30.3 Å². The highest BCUT2D eigenvalue weighted by Crippen LogP contribution is 2.55. The van der Waals surface area contributed by atoms with Crippen LogP contribution in [0.3, 0.4) is 0 Å². The summed E-state index contributed by atoms with van der Waals surface area (Å²) in [4.78, 5) is 50.4. The number of amides is 2. The summed E-state index contributed by atoms with van der Waals surface area (Å²) in [5.74, 6) is -1.31. The third-order valence-electron chi connectivity index (χ3n) is 12.4. The molecule has 4 heterocycles. The van der Waals surface area contributed by atoms with Crippen LogP contribution in [0.1, 0.15) is 68.6 Å². The molecule has 8 heteroatoms. The van der Waals surface area contributed by atoms with Crippen LogP contribution in [0.5, 0.6) is 0 Å². The molecule has 8 rings (SSSR count). The molecular weight excluding hydrogens is 564 g/mol. The fraction of sp³-hybridized carbons (Fsp3) is 0.541. The highest BCUT2D eigenvalue weighted by Gasteiger charge is 2.70. The molecule has 5 aliphatic rings. The van der Waals surface area contributed by atoms with E-state index in [1.54, 1.807) is 0 Å². The van der Waals surface area contributed by atoms with E-state index in [4.69, 9.17) is 0 Å². The lowest BCUT2D eigenvalue weighted by Gasteiger charge is -2.49. The average molecular weight is 609 g/mol. The first-order valence-electron chi connectivity index (χ1n) is 16.9. The van der Waals surface area contributed by atoms with Gasteiger partial charge in [-0.15, -0.1) is 0 Å². The fourth-order valence-corrected chi connectivity index (χ4v) is 10.1. The van der Waals surface area contributed by atoms with Crippen molar-refractivity contribution >= 4 is 28.5 Å². The molecule has 3 saturated heterocycles. The van der Waals surface area contributed by atoms with Crippen molar-refractivity contribution in [2.45, 2.75) is 88.1 Å². The van der Waals surface area contributed by atoms with Gasteiger partial charge >= 0.3 is 0 Å². The zero-order valence-corrected chi connectivity index (χ0v) is 26.5. The number of aromatic nitrogens is 1. The predicted molar refractivity (Wildman–Crippen MR) is 171 cm³/mol. The maximum absolute atomic E-state index is 14.8. The number of benzene rings is 2. The number of hydrogen-bond acceptors (Lipinski definition) is 5. The molecule has 1 aromatic heterocycles. The number of piperidine rings is 2. The predicted octanol–water partition coefficient (Wildman–Crippen LogP) is 4.17. The van der Waals surface area contributed by atoms with Gasteiger partial charge in [-0.3, -0.25) is 14.4 Å². The summed E-state index contributed by atoms with van der Waals surface area (Å²) in [6, 6.07) is 15.7. The molecule has 0 radical (unpaired) electrons. The van der Waals surface area contributed by atoms with Gasteiger partial charge in [-0.05, 0) is 61.4 Å². The Morgan fingerprint density at radius 3 is 2.67 bits per heavy atom. The zero-order valence-electron chi connectivity index (χ0n) is 26.5. The largest absolute Gasteiger partial charge is 0.370 e. The topological polar surface area (TPSA) is 106 Å². The van der Waals surface area contributed by atoms with E-state index in [-0.39, 0.29) is 53.6 Å². The third-order valence-corrected chi connectivity index (χ3v) is 12.4. The summed E-state index contributed by atoms with van der Waals surface area (Å²) in [5, 5.41) is 17.2. The lowest BCUT2D eigenvalue weighted by atomic mass is 9.71. The van der Waals surface area contributed by atoms with E-state index in [1.165, 1.54) is 21.4 Å². The molecule has 236 valence electrons. The average Bonchev–Trinajstić information content (AvgIpc) is 3.74. The van der Waals surface area contributed by atoms with Crippen molar-refractivity contribution in [2.24, 2.45) is 23.7 Å². The van der Waals surface area contributed by atoms with E-state index in [2.05, 4.69) is 46.6 Å². The van der Waals surface area contributed by atoms with Crippen molar-refractivity contribution in [1.29, 1.82) is 0 Å². The van der Waals surface area contributed by atoms with Crippen molar-refractivity contribution in [3.63, 3.8) is 0 Å². The number of Topliss-reactive ketones (excluding diaryl/α,β-unsaturated/α-hetero) is 1. The number of aromatic amines is 1. The summed E-state index contributed by atoms with van der Waals surface area (Å²) >= 11 is 0. The molecule has 3 aromatic rings. The molecule has 8 atom stereocenters. The minimum absolute atomic E-state index is 0.0563. The van der Waals surface area contributed by atoms with Crippen molar-refractivity contribution < 1.29 is 19.5 Å². The van der Waals surface area contributed by atoms with Crippen LogP contribution in [0.15, 0.2) is 54.7 Å². The number of carbonyl (C=O) groups is 3. The minimum Gasteiger partial charge on any atom is -0.370 e. The number of aliphatic hydroxyl groups is 1. The van der Waals surface area contributed by atoms with Gasteiger partial charge in [0.1, 0.15) is 11.3 Å². The van der Waals surface area contributed by atoms with Crippen LogP contribution >= 0.6 is 0 Å². The molecule has 0 spiro atoms. The number of H-pyrrole nitrogens is 1. The van der Waals surface area contributed by atoms with Gasteiger partial charge in [-0.2, -0.15) is 0 Å². The normalized spacial score (nSPS) is 35.9. The molecule has 1 saturated carbocycles. The summed E-state index contributed by atoms with van der Waals surface area (Å²) in [7, 11) is 2.11. The second kappa shape index (κ2) is 10.3. The molecule has 2 aliphatic carbocycles. The van der Waals surface area contributed by atoms with Crippen molar-refractivity contribution in [3.05, 3.63) is 71.4 Å². The number of nitrogens with one attached hydrogen (secondary N) is 2. The Morgan fingerprint density at radius 2 is 1.89 bits per heavy atom. The monoisotopic (exact) mass is 608 g/mol. The minimum atomic E-state index is -1.47. The van der Waals surface area contributed by atoms with Crippen LogP contribution < -0.4 is 5.32 Å². The van der Waals surface area contributed by atoms with E-state index in [0.29, 0.717) is 31.8 Å². The molecule has 8 nitrogen and oxygen atoms in total. The number of hydrogen-bond donors (Lipinski definition) is 3. The van der Waals surface area contributed by atoms with Gasteiger partial charge in [0.05, 0.1) is 12.0 Å². The highest BCUT2D eigenvalue weighted by atomic mass is 16.3. The van der Waals surface area contributed by atoms with Crippen molar-refractivity contribution in [1.82, 2.24) is 20.1 Å². The van der Waals surface area contributed by atoms with Gasteiger partial charge in [0.2, 0.25) is 5.91 Å². The lowest BCUT2D eigenvalue weighted by molar-refractivity contribution is -0.192. The van der Waals surface area contributed by atoms with E-state index < -0.39 is 17.3 Å². The molecular formula is C37H44N4O4. The SMILES string of the molecule is CC(C)[C@@]1(NC(=O)C2C[C@@H]3c4cccc5[nH]cc(c45)C[C@H]3N(C)C2)C[C@@]2(O)[C@@H]3CCCC3C(=O)C(Cc3ccccc3)N2C1=O. The van der Waals surface area contributed by atoms with E-state index in [1.807, 2.05) is 44.2 Å². The number of rotatable bonds is 5. The quantitative estimate of drug-likeness (QED) is 0.403. The Balaban J connectivity index is 1.12. The van der Waals surface area contributed by atoms with Crippen LogP contribution in [-0.4, -0.2) is 74.4 Å². The Kier molecular flexibility index (Phi) is 6.60. The maximum atomic E-state index is 14.8. The first-order chi connectivity index (χ1) is 21.6. The van der Waals surface area contributed by atoms with Gasteiger partial charge in [-0.1, -0.05) is 62.7 Å². The Labute approximate surface area is 264 Å². The molecule has 4 fully saturated rings. The second-order valence-corrected chi connectivity index (χ2v) is 14.9. The summed E-state index contributed by atoms with van der Waals surface area (Å²) < 4.78 is 0. The standard InChI is InChI=1S/C37H44N4O4/c1-21(2)36(39-34(43)24-16-27-25-11-8-14-29-32(25)23(18-38-29)17-30(27)40(3)19-24)20-37(45)28-13-7-12-26(28)33(42)31(41(37)35(36)44)15-22-9-5-4-6-10-22/h4-6,8-11,14,18,21,24,26-28,30-31,38,45H,7,12-13,15-17,19-20H2,1-3H3,(H,39,43)/t24?,26?,27-,28-,30-,31?,36+,37-/m1/s1. The maximum Gasteiger partial charge on any atom is 0.251 e. The van der Waals surface area contributed by atoms with Gasteiger partial charge < -0.3 is 25.2 Å². The van der Waals surface area contributed by atoms with Crippen LogP contribution in [0.4, 0.5) is 0 Å². The number of ketones is 1. The number of likely N-dealkylation sites (tertiary alicyclic amines) is 1. The first-order valence-corrected chi connectivity index (χ1v) is 16.9. The van der Waals surface area contributed by atoms with Crippen LogP contribution in [0.2, 0.25) is 0 Å². The lowest BCUT2D eigenvalue weighted by Crippen LogP contribution is -2.66. The van der Waals surface area contributed by atoms with E-state index in [9.17, 15) is 19.5 Å². The van der Waals surface area contributed by atoms with Gasteiger partial charge in [-0.25, -0.2) is 0 Å². The van der Waals surface area contributed by atoms with Crippen LogP contribution in [-0.2, 0) is 27.2 Å². The summed E-state index contributed by atoms with van der Waals surface area (Å²) in [6.45, 7) is 4.52. The molecule has 45 heavy (non-hydrogen) atoms. The van der Waals surface area contributed by atoms with Gasteiger partial charge in [0.25, 0.3) is 5.91 Å². The van der Waals surface area contributed by atoms with E-state index >= 15 is 0 Å². The Morgan fingerprint density at radius 1 is 1.09 bits per heavy atom. The second-order valence-electron chi connectivity index (χ2n) is 14.9. The fourth-order valence-electron chi connectivity index (χ4n) is 10.1. The number of likely N-dealkylation sites (N-methyl/N-ethyl adjacent to an activating group) is 1. The molecule has 3 N–H and O–H groups in total. The van der Waals surface area contributed by atoms with Crippen LogP contribution in [0, 0.1) is 23.7 Å². The number of nitrogens with zero attached hydrogens (tertiary/aromatic N) is 2. The summed E-state index contributed by atoms with van der Waals surface area (Å²) in [5.41, 5.74) is 1.97. The molecule has 2 aromatic carbocycles. The zero-order chi connectivity index (χ0) is 31.2. The molecule has 0 bridgehead atoms. The molecule has 3 unspecified atom stereocenters. The van der Waals surface area contributed by atoms with Gasteiger partial charge in [0.15, 0.2) is 5.78 Å². The molecule has 3 aliphatic heterocycles.